The maximum atomic E-state index is 13.6. The number of halogens is 1. The monoisotopic (exact) mass is 405 g/mol. The Bertz CT molecular complexity index is 1070. The van der Waals surface area contributed by atoms with Gasteiger partial charge in [-0.15, -0.1) is 0 Å². The summed E-state index contributed by atoms with van der Waals surface area (Å²) in [6.07, 6.45) is 3.25. The molecule has 1 aliphatic rings. The number of carbonyl (C=O) groups is 1. The van der Waals surface area contributed by atoms with Crippen molar-refractivity contribution in [2.24, 2.45) is 0 Å². The average Bonchev–Trinajstić information content (AvgIpc) is 2.76. The number of hydrogen-bond donors (Lipinski definition) is 0. The number of aryl methyl sites for hydroxylation is 2. The Kier molecular flexibility index (Phi) is 5.86. The van der Waals surface area contributed by atoms with E-state index >= 15 is 0 Å². The molecule has 5 nitrogen and oxygen atoms in total. The molecule has 1 aliphatic heterocycles. The molecule has 3 aromatic rings. The third-order valence-corrected chi connectivity index (χ3v) is 5.45. The van der Waals surface area contributed by atoms with Crippen molar-refractivity contribution in [1.82, 2.24) is 14.9 Å². The van der Waals surface area contributed by atoms with E-state index in [9.17, 15) is 9.18 Å². The van der Waals surface area contributed by atoms with Gasteiger partial charge in [-0.2, -0.15) is 0 Å². The molecule has 2 heterocycles. The second-order valence-electron chi connectivity index (χ2n) is 7.63. The highest BCUT2D eigenvalue weighted by Crippen LogP contribution is 2.24. The van der Waals surface area contributed by atoms with Crippen LogP contribution in [0.1, 0.15) is 28.5 Å². The van der Waals surface area contributed by atoms with Crippen molar-refractivity contribution in [3.05, 3.63) is 83.1 Å². The lowest BCUT2D eigenvalue weighted by molar-refractivity contribution is -0.138. The Balaban J connectivity index is 1.48. The Labute approximate surface area is 175 Å². The summed E-state index contributed by atoms with van der Waals surface area (Å²) < 4.78 is 19.4. The molecular formula is C24H24FN3O2. The number of benzene rings is 2. The van der Waals surface area contributed by atoms with Gasteiger partial charge in [0.25, 0.3) is 0 Å². The minimum absolute atomic E-state index is 0.0702. The van der Waals surface area contributed by atoms with Crippen LogP contribution >= 0.6 is 0 Å². The summed E-state index contributed by atoms with van der Waals surface area (Å²) in [5.41, 5.74) is 5.29. The van der Waals surface area contributed by atoms with Gasteiger partial charge in [0.05, 0.1) is 43.4 Å². The van der Waals surface area contributed by atoms with Crippen LogP contribution in [0.2, 0.25) is 0 Å². The molecule has 4 rings (SSSR count). The first-order valence-electron chi connectivity index (χ1n) is 10.0. The SMILES string of the molecule is Cc1ccc(CC(=O)N2CCO[C@H](c3cncc(-c4cccc(F)c4)n3)C2)cc1C. The van der Waals surface area contributed by atoms with Crippen LogP contribution in [-0.4, -0.2) is 40.5 Å². The quantitative estimate of drug-likeness (QED) is 0.657. The van der Waals surface area contributed by atoms with Crippen LogP contribution in [0, 0.1) is 19.7 Å². The molecule has 0 aliphatic carbocycles. The highest BCUT2D eigenvalue weighted by Gasteiger charge is 2.27. The summed E-state index contributed by atoms with van der Waals surface area (Å²) >= 11 is 0. The van der Waals surface area contributed by atoms with Crippen LogP contribution in [0.15, 0.2) is 54.9 Å². The Morgan fingerprint density at radius 1 is 1.17 bits per heavy atom. The van der Waals surface area contributed by atoms with Crippen LogP contribution in [-0.2, 0) is 16.0 Å². The number of amides is 1. The summed E-state index contributed by atoms with van der Waals surface area (Å²) in [6, 6.07) is 12.4. The smallest absolute Gasteiger partial charge is 0.227 e. The molecule has 6 heteroatoms. The van der Waals surface area contributed by atoms with Gasteiger partial charge in [0.15, 0.2) is 0 Å². The molecule has 1 saturated heterocycles. The molecule has 0 saturated carbocycles. The third kappa shape index (κ3) is 4.54. The van der Waals surface area contributed by atoms with Gasteiger partial charge in [-0.1, -0.05) is 30.3 Å². The predicted octanol–water partition coefficient (Wildman–Crippen LogP) is 4.04. The number of hydrogen-bond acceptors (Lipinski definition) is 4. The van der Waals surface area contributed by atoms with Gasteiger partial charge in [-0.3, -0.25) is 9.78 Å². The fourth-order valence-corrected chi connectivity index (χ4v) is 3.58. The van der Waals surface area contributed by atoms with Crippen molar-refractivity contribution in [3.8, 4) is 11.3 Å². The van der Waals surface area contributed by atoms with E-state index in [4.69, 9.17) is 4.74 Å². The Morgan fingerprint density at radius 2 is 2.03 bits per heavy atom. The van der Waals surface area contributed by atoms with E-state index in [0.29, 0.717) is 43.1 Å². The van der Waals surface area contributed by atoms with Gasteiger partial charge < -0.3 is 9.64 Å². The average molecular weight is 405 g/mol. The molecule has 1 fully saturated rings. The Hall–Kier alpha value is -3.12. The molecule has 0 radical (unpaired) electrons. The van der Waals surface area contributed by atoms with E-state index in [1.165, 1.54) is 23.3 Å². The number of carbonyl (C=O) groups excluding carboxylic acids is 1. The van der Waals surface area contributed by atoms with Crippen LogP contribution in [0.25, 0.3) is 11.3 Å². The molecule has 154 valence electrons. The number of rotatable bonds is 4. The zero-order valence-corrected chi connectivity index (χ0v) is 17.1. The van der Waals surface area contributed by atoms with Crippen molar-refractivity contribution >= 4 is 5.91 Å². The van der Waals surface area contributed by atoms with Crippen molar-refractivity contribution in [2.45, 2.75) is 26.4 Å². The topological polar surface area (TPSA) is 55.3 Å². The van der Waals surface area contributed by atoms with Crippen molar-refractivity contribution in [2.75, 3.05) is 19.7 Å². The van der Waals surface area contributed by atoms with Crippen LogP contribution < -0.4 is 0 Å². The first kappa shape index (κ1) is 20.2. The first-order chi connectivity index (χ1) is 14.5. The minimum Gasteiger partial charge on any atom is -0.368 e. The first-order valence-corrected chi connectivity index (χ1v) is 10.0. The maximum Gasteiger partial charge on any atom is 0.227 e. The molecule has 0 N–H and O–H groups in total. The van der Waals surface area contributed by atoms with Crippen molar-refractivity contribution < 1.29 is 13.9 Å². The highest BCUT2D eigenvalue weighted by molar-refractivity contribution is 5.79. The van der Waals surface area contributed by atoms with Gasteiger partial charge >= 0.3 is 0 Å². The molecule has 1 aromatic heterocycles. The number of aromatic nitrogens is 2. The molecule has 0 spiro atoms. The van der Waals surface area contributed by atoms with Gasteiger partial charge in [0.2, 0.25) is 5.91 Å². The molecule has 1 amide bonds. The lowest BCUT2D eigenvalue weighted by Gasteiger charge is -2.32. The van der Waals surface area contributed by atoms with Crippen LogP contribution in [0.4, 0.5) is 4.39 Å². The lowest BCUT2D eigenvalue weighted by Crippen LogP contribution is -2.43. The van der Waals surface area contributed by atoms with E-state index in [-0.39, 0.29) is 17.8 Å². The van der Waals surface area contributed by atoms with Crippen molar-refractivity contribution in [1.29, 1.82) is 0 Å². The zero-order chi connectivity index (χ0) is 21.1. The summed E-state index contributed by atoms with van der Waals surface area (Å²) in [4.78, 5) is 23.5. The van der Waals surface area contributed by atoms with Gasteiger partial charge in [-0.25, -0.2) is 9.37 Å². The lowest BCUT2D eigenvalue weighted by atomic mass is 10.0. The standard InChI is InChI=1S/C24H24FN3O2/c1-16-6-7-18(10-17(16)2)11-24(29)28-8-9-30-23(15-28)22-14-26-13-21(27-22)19-4-3-5-20(25)12-19/h3-7,10,12-14,23H,8-9,11,15H2,1-2H3/t23-/m0/s1. The number of ether oxygens (including phenoxy) is 1. The molecule has 30 heavy (non-hydrogen) atoms. The van der Waals surface area contributed by atoms with Crippen LogP contribution in [0.5, 0.6) is 0 Å². The van der Waals surface area contributed by atoms with Gasteiger partial charge in [-0.05, 0) is 42.7 Å². The van der Waals surface area contributed by atoms with E-state index in [1.807, 2.05) is 17.0 Å². The fraction of sp³-hybridized carbons (Fsp3) is 0.292. The molecule has 2 aromatic carbocycles. The molecule has 0 bridgehead atoms. The van der Waals surface area contributed by atoms with Crippen LogP contribution in [0.3, 0.4) is 0 Å². The van der Waals surface area contributed by atoms with E-state index in [0.717, 1.165) is 5.56 Å². The third-order valence-electron chi connectivity index (χ3n) is 5.45. The molecule has 0 unspecified atom stereocenters. The summed E-state index contributed by atoms with van der Waals surface area (Å²) in [5, 5.41) is 0. The second-order valence-corrected chi connectivity index (χ2v) is 7.63. The van der Waals surface area contributed by atoms with E-state index in [1.54, 1.807) is 24.5 Å². The van der Waals surface area contributed by atoms with Gasteiger partial charge in [0.1, 0.15) is 11.9 Å². The summed E-state index contributed by atoms with van der Waals surface area (Å²) in [5.74, 6) is -0.252. The number of morpholine rings is 1. The normalized spacial score (nSPS) is 16.5. The molecule has 1 atom stereocenters. The van der Waals surface area contributed by atoms with E-state index < -0.39 is 0 Å². The highest BCUT2D eigenvalue weighted by atomic mass is 19.1. The maximum absolute atomic E-state index is 13.6. The molecular weight excluding hydrogens is 381 g/mol. The van der Waals surface area contributed by atoms with Gasteiger partial charge in [0, 0.05) is 12.1 Å². The largest absolute Gasteiger partial charge is 0.368 e. The fourth-order valence-electron chi connectivity index (χ4n) is 3.58. The zero-order valence-electron chi connectivity index (χ0n) is 17.1. The number of nitrogens with zero attached hydrogens (tertiary/aromatic N) is 3. The summed E-state index contributed by atoms with van der Waals surface area (Å²) in [7, 11) is 0. The Morgan fingerprint density at radius 3 is 2.83 bits per heavy atom. The van der Waals surface area contributed by atoms with E-state index in [2.05, 4.69) is 29.9 Å². The van der Waals surface area contributed by atoms with Crippen molar-refractivity contribution in [3.63, 3.8) is 0 Å². The summed E-state index contributed by atoms with van der Waals surface area (Å²) in [6.45, 7) is 5.53. The minimum atomic E-state index is -0.358. The second kappa shape index (κ2) is 8.71. The predicted molar refractivity (Wildman–Crippen MR) is 112 cm³/mol.